The fourth-order valence-electron chi connectivity index (χ4n) is 5.73. The number of carbonyl (C=O) groups excluding carboxylic acids is 3. The average molecular weight is 657 g/mol. The first-order valence-electron chi connectivity index (χ1n) is 13.3. The molecule has 0 unspecified atom stereocenters. The molecule has 0 aliphatic carbocycles. The van der Waals surface area contributed by atoms with E-state index in [-0.39, 0.29) is 29.1 Å². The minimum Gasteiger partial charge on any atom is -0.325 e. The van der Waals surface area contributed by atoms with Gasteiger partial charge in [-0.05, 0) is 52.7 Å². The zero-order chi connectivity index (χ0) is 29.0. The van der Waals surface area contributed by atoms with Crippen molar-refractivity contribution in [1.29, 1.82) is 0 Å². The van der Waals surface area contributed by atoms with Gasteiger partial charge in [0.25, 0.3) is 0 Å². The SMILES string of the molecule is O=C(Cn1c2c(sc1=O)[C@@H](c1ccccc1)[C@@H]1C(=O)N(c3ccc(Br)cc3)C(=O)[C@@H]1S2)Nc1ccc2ccccc2c1. The van der Waals surface area contributed by atoms with Gasteiger partial charge in [0, 0.05) is 21.0 Å². The third-order valence-corrected chi connectivity index (χ3v) is 10.8. The highest BCUT2D eigenvalue weighted by Crippen LogP contribution is 2.53. The van der Waals surface area contributed by atoms with Crippen LogP contribution in [0, 0.1) is 5.92 Å². The number of nitrogens with one attached hydrogen (secondary N) is 1. The van der Waals surface area contributed by atoms with Crippen molar-refractivity contribution in [3.05, 3.63) is 122 Å². The van der Waals surface area contributed by atoms with E-state index >= 15 is 0 Å². The van der Waals surface area contributed by atoms with Crippen LogP contribution in [0.4, 0.5) is 11.4 Å². The molecule has 1 aromatic heterocycles. The molecule has 3 atom stereocenters. The Morgan fingerprint density at radius 3 is 2.31 bits per heavy atom. The maximum Gasteiger partial charge on any atom is 0.308 e. The van der Waals surface area contributed by atoms with Crippen molar-refractivity contribution < 1.29 is 14.4 Å². The van der Waals surface area contributed by atoms with Crippen LogP contribution in [0.15, 0.2) is 111 Å². The van der Waals surface area contributed by atoms with E-state index in [0.29, 0.717) is 21.3 Å². The van der Waals surface area contributed by atoms with Gasteiger partial charge >= 0.3 is 4.87 Å². The second-order valence-corrected chi connectivity index (χ2v) is 13.2. The summed E-state index contributed by atoms with van der Waals surface area (Å²) < 4.78 is 2.28. The lowest BCUT2D eigenvalue weighted by atomic mass is 9.83. The topological polar surface area (TPSA) is 88.5 Å². The highest BCUT2D eigenvalue weighted by Gasteiger charge is 2.56. The number of hydrogen-bond donors (Lipinski definition) is 1. The molecule has 3 heterocycles. The summed E-state index contributed by atoms with van der Waals surface area (Å²) in [6, 6.07) is 30.1. The number of rotatable bonds is 5. The van der Waals surface area contributed by atoms with Gasteiger partial charge in [-0.2, -0.15) is 0 Å². The summed E-state index contributed by atoms with van der Waals surface area (Å²) in [4.78, 5) is 56.0. The molecule has 42 heavy (non-hydrogen) atoms. The maximum absolute atomic E-state index is 13.9. The maximum atomic E-state index is 13.9. The molecule has 1 saturated heterocycles. The van der Waals surface area contributed by atoms with Crippen LogP contribution in [0.5, 0.6) is 0 Å². The Kier molecular flexibility index (Phi) is 6.84. The monoisotopic (exact) mass is 655 g/mol. The summed E-state index contributed by atoms with van der Waals surface area (Å²) in [6.45, 7) is -0.206. The molecule has 7 rings (SSSR count). The number of halogens is 1. The molecule has 1 fully saturated rings. The molecule has 208 valence electrons. The molecule has 7 nitrogen and oxygen atoms in total. The number of imide groups is 1. The number of aromatic nitrogens is 1. The summed E-state index contributed by atoms with van der Waals surface area (Å²) in [5.74, 6) is -2.14. The zero-order valence-corrected chi connectivity index (χ0v) is 25.1. The zero-order valence-electron chi connectivity index (χ0n) is 21.9. The molecule has 2 aliphatic heterocycles. The van der Waals surface area contributed by atoms with Crippen molar-refractivity contribution in [2.75, 3.05) is 10.2 Å². The predicted molar refractivity (Wildman–Crippen MR) is 169 cm³/mol. The molecule has 5 aromatic rings. The van der Waals surface area contributed by atoms with Gasteiger partial charge in [0.15, 0.2) is 0 Å². The van der Waals surface area contributed by atoms with Crippen LogP contribution in [0.3, 0.4) is 0 Å². The summed E-state index contributed by atoms with van der Waals surface area (Å²) in [7, 11) is 0. The van der Waals surface area contributed by atoms with Crippen molar-refractivity contribution in [2.24, 2.45) is 5.92 Å². The quantitative estimate of drug-likeness (QED) is 0.226. The first-order valence-corrected chi connectivity index (χ1v) is 15.7. The second-order valence-electron chi connectivity index (χ2n) is 10.2. The van der Waals surface area contributed by atoms with E-state index in [1.165, 1.54) is 21.2 Å². The van der Waals surface area contributed by atoms with Crippen LogP contribution in [0.25, 0.3) is 10.8 Å². The molecular formula is C32H22BrN3O4S2. The Bertz CT molecular complexity index is 1940. The highest BCUT2D eigenvalue weighted by atomic mass is 79.9. The van der Waals surface area contributed by atoms with E-state index in [9.17, 15) is 19.2 Å². The van der Waals surface area contributed by atoms with Crippen molar-refractivity contribution in [3.8, 4) is 0 Å². The van der Waals surface area contributed by atoms with Crippen LogP contribution in [-0.2, 0) is 20.9 Å². The van der Waals surface area contributed by atoms with Crippen LogP contribution in [-0.4, -0.2) is 27.5 Å². The molecule has 0 spiro atoms. The summed E-state index contributed by atoms with van der Waals surface area (Å²) in [6.07, 6.45) is 0. The molecule has 0 bridgehead atoms. The molecule has 1 N–H and O–H groups in total. The number of fused-ring (bicyclic) bond motifs is 3. The van der Waals surface area contributed by atoms with Gasteiger partial charge in [0.2, 0.25) is 17.7 Å². The van der Waals surface area contributed by atoms with Gasteiger partial charge in [-0.15, -0.1) is 0 Å². The van der Waals surface area contributed by atoms with E-state index in [4.69, 9.17) is 0 Å². The molecular weight excluding hydrogens is 634 g/mol. The van der Waals surface area contributed by atoms with E-state index in [1.807, 2.05) is 72.8 Å². The lowest BCUT2D eigenvalue weighted by molar-refractivity contribution is -0.122. The molecule has 10 heteroatoms. The van der Waals surface area contributed by atoms with Crippen LogP contribution >= 0.6 is 39.0 Å². The number of nitrogens with zero attached hydrogens (tertiary/aromatic N) is 2. The van der Waals surface area contributed by atoms with Gasteiger partial charge in [0.05, 0.1) is 16.6 Å². The van der Waals surface area contributed by atoms with Gasteiger partial charge in [-0.3, -0.25) is 23.7 Å². The Hall–Kier alpha value is -3.99. The number of thiazole rings is 1. The lowest BCUT2D eigenvalue weighted by Gasteiger charge is -2.30. The largest absolute Gasteiger partial charge is 0.325 e. The third kappa shape index (κ3) is 4.59. The normalized spacial score (nSPS) is 19.5. The number of benzene rings is 4. The van der Waals surface area contributed by atoms with Gasteiger partial charge in [0.1, 0.15) is 11.8 Å². The van der Waals surface area contributed by atoms with E-state index in [1.54, 1.807) is 24.3 Å². The minimum absolute atomic E-state index is 0.206. The molecule has 0 radical (unpaired) electrons. The third-order valence-electron chi connectivity index (χ3n) is 7.63. The summed E-state index contributed by atoms with van der Waals surface area (Å²) in [5, 5.41) is 4.79. The number of carbonyl (C=O) groups is 3. The van der Waals surface area contributed by atoms with Gasteiger partial charge in [-0.25, -0.2) is 4.90 Å². The Morgan fingerprint density at radius 2 is 1.55 bits per heavy atom. The fraction of sp³-hybridized carbons (Fsp3) is 0.125. The Labute approximate surface area is 257 Å². The predicted octanol–water partition coefficient (Wildman–Crippen LogP) is 6.26. The lowest BCUT2D eigenvalue weighted by Crippen LogP contribution is -2.33. The van der Waals surface area contributed by atoms with Crippen LogP contribution < -0.4 is 15.1 Å². The minimum atomic E-state index is -0.734. The summed E-state index contributed by atoms with van der Waals surface area (Å²) in [5.41, 5.74) is 1.99. The first kappa shape index (κ1) is 26.9. The number of amides is 3. The second kappa shape index (κ2) is 10.7. The van der Waals surface area contributed by atoms with E-state index in [0.717, 1.165) is 32.1 Å². The van der Waals surface area contributed by atoms with E-state index in [2.05, 4.69) is 21.2 Å². The van der Waals surface area contributed by atoms with Crippen molar-refractivity contribution in [3.63, 3.8) is 0 Å². The van der Waals surface area contributed by atoms with Crippen LogP contribution in [0.1, 0.15) is 16.4 Å². The van der Waals surface area contributed by atoms with Crippen molar-refractivity contribution in [1.82, 2.24) is 4.57 Å². The Balaban J connectivity index is 1.25. The first-order chi connectivity index (χ1) is 20.4. The van der Waals surface area contributed by atoms with Crippen molar-refractivity contribution >= 4 is 78.9 Å². The van der Waals surface area contributed by atoms with Gasteiger partial charge < -0.3 is 5.32 Å². The van der Waals surface area contributed by atoms with Crippen molar-refractivity contribution in [2.45, 2.75) is 22.7 Å². The number of hydrogen-bond acceptors (Lipinski definition) is 6. The number of anilines is 2. The van der Waals surface area contributed by atoms with Crippen LogP contribution in [0.2, 0.25) is 0 Å². The van der Waals surface area contributed by atoms with Gasteiger partial charge in [-0.1, -0.05) is 99.7 Å². The number of thioether (sulfide) groups is 1. The molecule has 4 aromatic carbocycles. The smallest absolute Gasteiger partial charge is 0.308 e. The summed E-state index contributed by atoms with van der Waals surface area (Å²) >= 11 is 5.66. The standard InChI is InChI=1S/C32H22BrN3O4S2/c33-21-11-14-23(15-12-21)36-29(38)26-25(19-7-2-1-3-8-19)28-31(41-27(26)30(36)39)35(32(40)42-28)17-24(37)34-22-13-10-18-6-4-5-9-20(18)16-22/h1-16,25-27H,17H2,(H,34,37)/t25-,26-,27+/m0/s1. The molecule has 2 aliphatic rings. The fourth-order valence-corrected chi connectivity index (χ4v) is 8.77. The van der Waals surface area contributed by atoms with E-state index < -0.39 is 17.1 Å². The molecule has 0 saturated carbocycles. The molecule has 3 amide bonds. The Morgan fingerprint density at radius 1 is 0.833 bits per heavy atom. The highest BCUT2D eigenvalue weighted by molar-refractivity contribution is 9.10. The average Bonchev–Trinajstić information content (AvgIpc) is 3.44.